The summed E-state index contributed by atoms with van der Waals surface area (Å²) in [5.41, 5.74) is 1.19. The molecule has 0 unspecified atom stereocenters. The van der Waals surface area contributed by atoms with Crippen LogP contribution in [0.4, 0.5) is 4.39 Å². The van der Waals surface area contributed by atoms with Crippen LogP contribution in [0.1, 0.15) is 25.3 Å². The Morgan fingerprint density at radius 1 is 1.22 bits per heavy atom. The second kappa shape index (κ2) is 8.37. The maximum absolute atomic E-state index is 13.1. The van der Waals surface area contributed by atoms with Crippen LogP contribution >= 0.6 is 23.4 Å². The minimum atomic E-state index is -0.454. The molecule has 2 aromatic rings. The van der Waals surface area contributed by atoms with Crippen LogP contribution in [0.15, 0.2) is 53.4 Å². The Morgan fingerprint density at radius 2 is 1.91 bits per heavy atom. The maximum atomic E-state index is 13.1. The number of carbonyl (C=O) groups is 1. The summed E-state index contributed by atoms with van der Waals surface area (Å²) in [7, 11) is 0. The van der Waals surface area contributed by atoms with Crippen molar-refractivity contribution < 1.29 is 9.18 Å². The summed E-state index contributed by atoms with van der Waals surface area (Å²) >= 11 is 7.12. The standard InChI is InChI=1S/C18H19ClFNOS/c1-12(14-6-4-3-5-7-14)11-21-18(22)13(2)23-15-8-9-17(20)16(19)10-15/h3-10,12-13H,11H2,1-2H3,(H,21,22)/t12-,13+/m0/s1. The van der Waals surface area contributed by atoms with Gasteiger partial charge in [0, 0.05) is 11.4 Å². The molecule has 0 bridgehead atoms. The number of hydrogen-bond donors (Lipinski definition) is 1. The Balaban J connectivity index is 1.86. The molecule has 0 aliphatic rings. The van der Waals surface area contributed by atoms with E-state index in [1.54, 1.807) is 6.07 Å². The molecule has 5 heteroatoms. The molecule has 2 rings (SSSR count). The van der Waals surface area contributed by atoms with Crippen molar-refractivity contribution in [3.63, 3.8) is 0 Å². The molecule has 0 heterocycles. The molecule has 23 heavy (non-hydrogen) atoms. The van der Waals surface area contributed by atoms with E-state index in [1.165, 1.54) is 29.5 Å². The molecule has 122 valence electrons. The second-order valence-corrected chi connectivity index (χ2v) is 7.21. The number of benzene rings is 2. The normalized spacial score (nSPS) is 13.4. The van der Waals surface area contributed by atoms with Crippen molar-refractivity contribution in [2.45, 2.75) is 29.9 Å². The highest BCUT2D eigenvalue weighted by atomic mass is 35.5. The Bertz CT molecular complexity index is 665. The highest BCUT2D eigenvalue weighted by Gasteiger charge is 2.16. The van der Waals surface area contributed by atoms with Crippen molar-refractivity contribution in [3.05, 3.63) is 64.9 Å². The van der Waals surface area contributed by atoms with E-state index in [4.69, 9.17) is 11.6 Å². The lowest BCUT2D eigenvalue weighted by molar-refractivity contribution is -0.120. The first-order valence-electron chi connectivity index (χ1n) is 7.41. The lowest BCUT2D eigenvalue weighted by Crippen LogP contribution is -2.33. The predicted molar refractivity (Wildman–Crippen MR) is 94.6 cm³/mol. The van der Waals surface area contributed by atoms with Gasteiger partial charge in [-0.3, -0.25) is 4.79 Å². The zero-order valence-corrected chi connectivity index (χ0v) is 14.6. The smallest absolute Gasteiger partial charge is 0.233 e. The van der Waals surface area contributed by atoms with Gasteiger partial charge in [-0.2, -0.15) is 0 Å². The Morgan fingerprint density at radius 3 is 2.57 bits per heavy atom. The molecular weight excluding hydrogens is 333 g/mol. The molecule has 2 aromatic carbocycles. The quantitative estimate of drug-likeness (QED) is 0.751. The van der Waals surface area contributed by atoms with Crippen molar-refractivity contribution in [1.82, 2.24) is 5.32 Å². The molecule has 0 fully saturated rings. The molecule has 2 atom stereocenters. The van der Waals surface area contributed by atoms with Gasteiger partial charge in [0.15, 0.2) is 0 Å². The minimum Gasteiger partial charge on any atom is -0.355 e. The van der Waals surface area contributed by atoms with Gasteiger partial charge >= 0.3 is 0 Å². The summed E-state index contributed by atoms with van der Waals surface area (Å²) in [6.45, 7) is 4.48. The van der Waals surface area contributed by atoms with Gasteiger partial charge in [0.05, 0.1) is 10.3 Å². The van der Waals surface area contributed by atoms with Gasteiger partial charge in [0.2, 0.25) is 5.91 Å². The van der Waals surface area contributed by atoms with Gasteiger partial charge in [0.25, 0.3) is 0 Å². The molecule has 0 saturated carbocycles. The van der Waals surface area contributed by atoms with Crippen LogP contribution in [0, 0.1) is 5.82 Å². The molecule has 0 saturated heterocycles. The van der Waals surface area contributed by atoms with Crippen molar-refractivity contribution in [2.24, 2.45) is 0 Å². The zero-order valence-electron chi connectivity index (χ0n) is 13.1. The lowest BCUT2D eigenvalue weighted by atomic mass is 10.0. The summed E-state index contributed by atoms with van der Waals surface area (Å²) in [5.74, 6) is -0.249. The number of hydrogen-bond acceptors (Lipinski definition) is 2. The molecular formula is C18H19ClFNOS. The van der Waals surface area contributed by atoms with Gasteiger partial charge in [-0.05, 0) is 36.6 Å². The molecule has 0 spiro atoms. The topological polar surface area (TPSA) is 29.1 Å². The Hall–Kier alpha value is -1.52. The van der Waals surface area contributed by atoms with Crippen LogP contribution in [0.25, 0.3) is 0 Å². The van der Waals surface area contributed by atoms with Gasteiger partial charge in [-0.1, -0.05) is 48.9 Å². The summed E-state index contributed by atoms with van der Waals surface area (Å²) in [6.07, 6.45) is 0. The first-order chi connectivity index (χ1) is 11.0. The van der Waals surface area contributed by atoms with Crippen LogP contribution in [0.3, 0.4) is 0 Å². The van der Waals surface area contributed by atoms with E-state index in [-0.39, 0.29) is 22.1 Å². The first-order valence-corrected chi connectivity index (χ1v) is 8.67. The van der Waals surface area contributed by atoms with Crippen molar-refractivity contribution >= 4 is 29.3 Å². The highest BCUT2D eigenvalue weighted by molar-refractivity contribution is 8.00. The van der Waals surface area contributed by atoms with Crippen LogP contribution in [-0.2, 0) is 4.79 Å². The highest BCUT2D eigenvalue weighted by Crippen LogP contribution is 2.27. The average molecular weight is 352 g/mol. The van der Waals surface area contributed by atoms with Gasteiger partial charge in [0.1, 0.15) is 5.82 Å². The first kappa shape index (κ1) is 17.8. The fourth-order valence-electron chi connectivity index (χ4n) is 2.10. The fourth-order valence-corrected chi connectivity index (χ4v) is 3.28. The largest absolute Gasteiger partial charge is 0.355 e. The molecule has 1 amide bonds. The average Bonchev–Trinajstić information content (AvgIpc) is 2.56. The number of halogens is 2. The van der Waals surface area contributed by atoms with E-state index in [0.717, 1.165) is 4.90 Å². The zero-order chi connectivity index (χ0) is 16.8. The number of thioether (sulfide) groups is 1. The maximum Gasteiger partial charge on any atom is 0.233 e. The monoisotopic (exact) mass is 351 g/mol. The molecule has 1 N–H and O–H groups in total. The number of amides is 1. The Kier molecular flexibility index (Phi) is 6.48. The SMILES string of the molecule is C[C@@H](Sc1ccc(F)c(Cl)c1)C(=O)NC[C@H](C)c1ccccc1. The number of carbonyl (C=O) groups excluding carboxylic acids is 1. The molecule has 0 aromatic heterocycles. The number of nitrogens with one attached hydrogen (secondary N) is 1. The van der Waals surface area contributed by atoms with Crippen LogP contribution in [-0.4, -0.2) is 17.7 Å². The van der Waals surface area contributed by atoms with Gasteiger partial charge in [-0.15, -0.1) is 11.8 Å². The van der Waals surface area contributed by atoms with Crippen LogP contribution < -0.4 is 5.32 Å². The van der Waals surface area contributed by atoms with Crippen molar-refractivity contribution in [3.8, 4) is 0 Å². The second-order valence-electron chi connectivity index (χ2n) is 5.39. The van der Waals surface area contributed by atoms with Gasteiger partial charge in [-0.25, -0.2) is 4.39 Å². The van der Waals surface area contributed by atoms with Crippen molar-refractivity contribution in [2.75, 3.05) is 6.54 Å². The third kappa shape index (κ3) is 5.26. The molecule has 2 nitrogen and oxygen atoms in total. The van der Waals surface area contributed by atoms with E-state index in [0.29, 0.717) is 6.54 Å². The van der Waals surface area contributed by atoms with E-state index < -0.39 is 5.82 Å². The summed E-state index contributed by atoms with van der Waals surface area (Å²) in [5, 5.41) is 2.75. The van der Waals surface area contributed by atoms with Crippen LogP contribution in [0.2, 0.25) is 5.02 Å². The fraction of sp³-hybridized carbons (Fsp3) is 0.278. The third-order valence-corrected chi connectivity index (χ3v) is 4.91. The summed E-state index contributed by atoms with van der Waals surface area (Å²) in [6, 6.07) is 14.5. The van der Waals surface area contributed by atoms with Gasteiger partial charge < -0.3 is 5.32 Å². The molecule has 0 aliphatic heterocycles. The van der Waals surface area contributed by atoms with Crippen molar-refractivity contribution in [1.29, 1.82) is 0 Å². The van der Waals surface area contributed by atoms with E-state index in [9.17, 15) is 9.18 Å². The Labute approximate surface area is 145 Å². The minimum absolute atomic E-state index is 0.0433. The summed E-state index contributed by atoms with van der Waals surface area (Å²) in [4.78, 5) is 13.0. The third-order valence-electron chi connectivity index (χ3n) is 3.52. The van der Waals surface area contributed by atoms with E-state index >= 15 is 0 Å². The van der Waals surface area contributed by atoms with E-state index in [2.05, 4.69) is 24.4 Å². The molecule has 0 radical (unpaired) electrons. The summed E-state index contributed by atoms with van der Waals surface area (Å²) < 4.78 is 13.1. The predicted octanol–water partition coefficient (Wildman–Crippen LogP) is 4.88. The van der Waals surface area contributed by atoms with Crippen LogP contribution in [0.5, 0.6) is 0 Å². The lowest BCUT2D eigenvalue weighted by Gasteiger charge is -2.16. The number of rotatable bonds is 6. The molecule has 0 aliphatic carbocycles. The van der Waals surface area contributed by atoms with E-state index in [1.807, 2.05) is 25.1 Å².